The number of carbonyl (C=O) groups is 3. The van der Waals surface area contributed by atoms with Crippen LogP contribution in [0.2, 0.25) is 10.0 Å². The van der Waals surface area contributed by atoms with Crippen LogP contribution in [0.5, 0.6) is 0 Å². The molecule has 5 N–H and O–H groups in total. The molecule has 39 heavy (non-hydrogen) atoms. The molecule has 0 aliphatic heterocycles. The monoisotopic (exact) mass is 562 g/mol. The van der Waals surface area contributed by atoms with Crippen LogP contribution in [-0.4, -0.2) is 29.1 Å². The van der Waals surface area contributed by atoms with Crippen molar-refractivity contribution in [3.05, 3.63) is 118 Å². The number of hydrogen-bond acceptors (Lipinski definition) is 4. The highest BCUT2D eigenvalue weighted by Gasteiger charge is 2.21. The molecule has 4 rings (SSSR count). The Morgan fingerprint density at radius 1 is 0.692 bits per heavy atom. The maximum Gasteiger partial charge on any atom is 0.326 e. The van der Waals surface area contributed by atoms with Gasteiger partial charge >= 0.3 is 12.0 Å². The van der Waals surface area contributed by atoms with Gasteiger partial charge in [0.2, 0.25) is 0 Å². The number of aliphatic carboxylic acids is 1. The van der Waals surface area contributed by atoms with Crippen LogP contribution in [0.15, 0.2) is 97.1 Å². The lowest BCUT2D eigenvalue weighted by atomic mass is 10.1. The normalized spacial score (nSPS) is 11.2. The van der Waals surface area contributed by atoms with Crippen LogP contribution in [0.3, 0.4) is 0 Å². The topological polar surface area (TPSA) is 120 Å². The molecule has 4 aromatic rings. The molecular formula is C29H24Cl2N4O4. The number of amides is 3. The summed E-state index contributed by atoms with van der Waals surface area (Å²) < 4.78 is 0. The van der Waals surface area contributed by atoms with E-state index < -0.39 is 23.9 Å². The second-order valence-corrected chi connectivity index (χ2v) is 9.29. The fraction of sp³-hybridized carbons (Fsp3) is 0.0690. The van der Waals surface area contributed by atoms with E-state index in [0.29, 0.717) is 22.6 Å². The van der Waals surface area contributed by atoms with E-state index in [1.165, 1.54) is 0 Å². The summed E-state index contributed by atoms with van der Waals surface area (Å²) in [5, 5.41) is 21.3. The Morgan fingerprint density at radius 2 is 1.31 bits per heavy atom. The number of benzene rings is 4. The van der Waals surface area contributed by atoms with E-state index in [4.69, 9.17) is 23.2 Å². The molecule has 3 amide bonds. The fourth-order valence-electron chi connectivity index (χ4n) is 3.76. The highest BCUT2D eigenvalue weighted by atomic mass is 35.5. The minimum absolute atomic E-state index is 0.0250. The van der Waals surface area contributed by atoms with Gasteiger partial charge < -0.3 is 26.4 Å². The molecule has 8 nitrogen and oxygen atoms in total. The molecule has 0 saturated heterocycles. The summed E-state index contributed by atoms with van der Waals surface area (Å²) >= 11 is 12.2. The maximum atomic E-state index is 12.7. The lowest BCUT2D eigenvalue weighted by Gasteiger charge is -2.17. The quantitative estimate of drug-likeness (QED) is 0.153. The highest BCUT2D eigenvalue weighted by Crippen LogP contribution is 2.26. The predicted octanol–water partition coefficient (Wildman–Crippen LogP) is 6.81. The lowest BCUT2D eigenvalue weighted by Crippen LogP contribution is -2.44. The third kappa shape index (κ3) is 7.50. The van der Waals surface area contributed by atoms with E-state index in [1.807, 2.05) is 36.4 Å². The minimum Gasteiger partial charge on any atom is -0.480 e. The van der Waals surface area contributed by atoms with Crippen LogP contribution in [0.25, 0.3) is 0 Å². The molecule has 10 heteroatoms. The molecule has 0 radical (unpaired) electrons. The average molecular weight is 563 g/mol. The molecule has 0 saturated carbocycles. The van der Waals surface area contributed by atoms with Crippen molar-refractivity contribution in [1.29, 1.82) is 0 Å². The van der Waals surface area contributed by atoms with Gasteiger partial charge in [-0.25, -0.2) is 9.59 Å². The Morgan fingerprint density at radius 3 is 1.95 bits per heavy atom. The van der Waals surface area contributed by atoms with Crippen LogP contribution in [0, 0.1) is 0 Å². The molecule has 0 unspecified atom stereocenters. The van der Waals surface area contributed by atoms with Gasteiger partial charge in [0, 0.05) is 17.8 Å². The number of hydrogen-bond donors (Lipinski definition) is 5. The Bertz CT molecular complexity index is 1460. The van der Waals surface area contributed by atoms with Gasteiger partial charge in [0.1, 0.15) is 6.04 Å². The van der Waals surface area contributed by atoms with Crippen LogP contribution < -0.4 is 21.3 Å². The van der Waals surface area contributed by atoms with Gasteiger partial charge in [-0.1, -0.05) is 71.7 Å². The Hall–Kier alpha value is -4.53. The average Bonchev–Trinajstić information content (AvgIpc) is 2.91. The summed E-state index contributed by atoms with van der Waals surface area (Å²) in [6, 6.07) is 26.1. The first-order chi connectivity index (χ1) is 18.8. The molecular weight excluding hydrogens is 539 g/mol. The number of carboxylic acid groups (broad SMARTS) is 1. The number of anilines is 4. The van der Waals surface area contributed by atoms with Crippen molar-refractivity contribution in [3.8, 4) is 0 Å². The first-order valence-electron chi connectivity index (χ1n) is 11.9. The van der Waals surface area contributed by atoms with Gasteiger partial charge in [0.25, 0.3) is 5.91 Å². The highest BCUT2D eigenvalue weighted by molar-refractivity contribution is 6.40. The van der Waals surface area contributed by atoms with Gasteiger partial charge in [0.15, 0.2) is 0 Å². The number of para-hydroxylation sites is 3. The fourth-order valence-corrected chi connectivity index (χ4v) is 4.33. The van der Waals surface area contributed by atoms with Gasteiger partial charge in [0.05, 0.1) is 27.0 Å². The molecule has 0 fully saturated rings. The largest absolute Gasteiger partial charge is 0.480 e. The lowest BCUT2D eigenvalue weighted by molar-refractivity contribution is -0.139. The van der Waals surface area contributed by atoms with Crippen molar-refractivity contribution in [2.75, 3.05) is 16.0 Å². The van der Waals surface area contributed by atoms with E-state index in [-0.39, 0.29) is 22.0 Å². The number of halogens is 2. The smallest absolute Gasteiger partial charge is 0.326 e. The summed E-state index contributed by atoms with van der Waals surface area (Å²) in [6.45, 7) is 0. The summed E-state index contributed by atoms with van der Waals surface area (Å²) in [5.74, 6) is -1.66. The van der Waals surface area contributed by atoms with Crippen molar-refractivity contribution >= 4 is 63.9 Å². The molecule has 4 aromatic carbocycles. The minimum atomic E-state index is -1.19. The first kappa shape index (κ1) is 27.5. The zero-order valence-corrected chi connectivity index (χ0v) is 22.0. The molecule has 0 heterocycles. The Labute approximate surface area is 235 Å². The molecule has 1 atom stereocenters. The van der Waals surface area contributed by atoms with Crippen LogP contribution in [0.4, 0.5) is 27.5 Å². The molecule has 0 aliphatic carbocycles. The summed E-state index contributed by atoms with van der Waals surface area (Å²) in [7, 11) is 0. The molecule has 198 valence electrons. The number of rotatable bonds is 9. The molecule has 0 spiro atoms. The van der Waals surface area contributed by atoms with Crippen molar-refractivity contribution in [2.24, 2.45) is 0 Å². The summed E-state index contributed by atoms with van der Waals surface area (Å²) in [6.07, 6.45) is 0.0250. The summed E-state index contributed by atoms with van der Waals surface area (Å²) in [5.41, 5.74) is 3.25. The SMILES string of the molecule is O=C(Nc1ccccc1Nc1ccccc1)N[C@@H](Cc1ccc(NC(=O)c2c(Cl)cccc2Cl)cc1)C(=O)O. The second-order valence-electron chi connectivity index (χ2n) is 8.48. The molecule has 0 aromatic heterocycles. The van der Waals surface area contributed by atoms with Crippen LogP contribution in [0.1, 0.15) is 15.9 Å². The van der Waals surface area contributed by atoms with E-state index in [9.17, 15) is 19.5 Å². The first-order valence-corrected chi connectivity index (χ1v) is 12.6. The Balaban J connectivity index is 1.38. The van der Waals surface area contributed by atoms with Crippen molar-refractivity contribution in [1.82, 2.24) is 5.32 Å². The van der Waals surface area contributed by atoms with Gasteiger partial charge in [-0.2, -0.15) is 0 Å². The summed E-state index contributed by atoms with van der Waals surface area (Å²) in [4.78, 5) is 37.2. The van der Waals surface area contributed by atoms with Crippen LogP contribution in [-0.2, 0) is 11.2 Å². The van der Waals surface area contributed by atoms with E-state index in [0.717, 1.165) is 5.69 Å². The number of carboxylic acids is 1. The third-order valence-electron chi connectivity index (χ3n) is 5.67. The van der Waals surface area contributed by atoms with Crippen molar-refractivity contribution < 1.29 is 19.5 Å². The van der Waals surface area contributed by atoms with E-state index >= 15 is 0 Å². The van der Waals surface area contributed by atoms with Crippen molar-refractivity contribution in [3.63, 3.8) is 0 Å². The number of nitrogens with one attached hydrogen (secondary N) is 4. The van der Waals surface area contributed by atoms with E-state index in [2.05, 4.69) is 21.3 Å². The zero-order valence-electron chi connectivity index (χ0n) is 20.4. The van der Waals surface area contributed by atoms with Gasteiger partial charge in [-0.3, -0.25) is 4.79 Å². The van der Waals surface area contributed by atoms with Crippen molar-refractivity contribution in [2.45, 2.75) is 12.5 Å². The predicted molar refractivity (Wildman–Crippen MR) is 154 cm³/mol. The van der Waals surface area contributed by atoms with Crippen LogP contribution >= 0.6 is 23.2 Å². The third-order valence-corrected chi connectivity index (χ3v) is 6.30. The van der Waals surface area contributed by atoms with E-state index in [1.54, 1.807) is 60.7 Å². The molecule has 0 aliphatic rings. The number of carbonyl (C=O) groups excluding carboxylic acids is 2. The maximum absolute atomic E-state index is 12.7. The number of urea groups is 1. The molecule has 0 bridgehead atoms. The zero-order chi connectivity index (χ0) is 27.8. The standard InChI is InChI=1S/C29H24Cl2N4O4/c30-21-9-6-10-22(31)26(21)27(36)33-20-15-13-18(14-16-20)17-25(28(37)38)35-29(39)34-24-12-5-4-11-23(24)32-19-7-2-1-3-8-19/h1-16,25,32H,17H2,(H,33,36)(H,37,38)(H2,34,35,39)/t25-/m0/s1. The Kier molecular flexibility index (Phi) is 9.04. The van der Waals surface area contributed by atoms with Gasteiger partial charge in [-0.05, 0) is 54.1 Å². The second kappa shape index (κ2) is 12.8. The van der Waals surface area contributed by atoms with Gasteiger partial charge in [-0.15, -0.1) is 0 Å².